The number of urea groups is 2. The first kappa shape index (κ1) is 33.7. The Labute approximate surface area is 293 Å². The molecule has 6 aromatic carbocycles. The summed E-state index contributed by atoms with van der Waals surface area (Å²) in [6, 6.07) is 44.4. The highest BCUT2D eigenvalue weighted by Crippen LogP contribution is 2.29. The van der Waals surface area contributed by atoms with Gasteiger partial charge >= 0.3 is 22.2 Å². The van der Waals surface area contributed by atoms with E-state index in [-0.39, 0.29) is 16.7 Å². The van der Waals surface area contributed by atoms with Crippen molar-refractivity contribution in [3.63, 3.8) is 0 Å². The molecular formula is C38H30N4O6S2. The molecule has 250 valence electrons. The van der Waals surface area contributed by atoms with E-state index < -0.39 is 16.1 Å². The van der Waals surface area contributed by atoms with E-state index in [4.69, 9.17) is 8.37 Å². The lowest BCUT2D eigenvalue weighted by molar-refractivity contribution is 0.261. The van der Waals surface area contributed by atoms with Gasteiger partial charge in [0.15, 0.2) is 0 Å². The number of amides is 4. The van der Waals surface area contributed by atoms with E-state index in [1.807, 2.05) is 48.5 Å². The van der Waals surface area contributed by atoms with Crippen molar-refractivity contribution in [1.82, 2.24) is 0 Å². The lowest BCUT2D eigenvalue weighted by atomic mass is 10.1. The number of anilines is 4. The first-order valence-corrected chi connectivity index (χ1v) is 17.4. The molecule has 0 fully saturated rings. The van der Waals surface area contributed by atoms with Gasteiger partial charge in [-0.05, 0) is 83.9 Å². The number of carbonyl (C=O) groups is 2. The highest BCUT2D eigenvalue weighted by molar-refractivity contribution is 7.95. The maximum Gasteiger partial charge on any atom is 0.339 e. The smallest absolute Gasteiger partial charge is 0.339 e. The summed E-state index contributed by atoms with van der Waals surface area (Å²) < 4.78 is 37.3. The summed E-state index contributed by atoms with van der Waals surface area (Å²) in [5.41, 5.74) is 3.93. The van der Waals surface area contributed by atoms with Crippen LogP contribution in [0, 0.1) is 0 Å². The predicted molar refractivity (Wildman–Crippen MR) is 197 cm³/mol. The minimum absolute atomic E-state index is 0.0173. The highest BCUT2D eigenvalue weighted by Gasteiger charge is 2.17. The molecule has 4 N–H and O–H groups in total. The molecule has 0 aromatic heterocycles. The Kier molecular flexibility index (Phi) is 10.6. The molecule has 0 aliphatic rings. The first-order chi connectivity index (χ1) is 24.3. The fraction of sp³-hybridized carbons (Fsp3) is 0. The summed E-state index contributed by atoms with van der Waals surface area (Å²) in [4.78, 5) is 25.5. The fourth-order valence-corrected chi connectivity index (χ4v) is 6.14. The zero-order valence-corrected chi connectivity index (χ0v) is 27.9. The Morgan fingerprint density at radius 2 is 0.920 bits per heavy atom. The second-order valence-electron chi connectivity index (χ2n) is 10.7. The minimum atomic E-state index is -4.15. The SMILES string of the molecule is O=C(Nc1ccccc1)Nc1cccc(OSc2ccc(-c3ccc(S(=O)(=O)Oc4cccc(NC(=O)Nc5ccccc5)c4)cc3)cc2)c1. The number of hydrogen-bond acceptors (Lipinski definition) is 7. The monoisotopic (exact) mass is 702 g/mol. The number of rotatable bonds is 11. The average Bonchev–Trinajstić information content (AvgIpc) is 3.12. The quantitative estimate of drug-likeness (QED) is 0.0780. The van der Waals surface area contributed by atoms with Gasteiger partial charge < -0.3 is 29.6 Å². The summed E-state index contributed by atoms with van der Waals surface area (Å²) in [5.74, 6) is 0.616. The Hall–Kier alpha value is -6.24. The number of para-hydroxylation sites is 2. The number of hydrogen-bond donors (Lipinski definition) is 4. The van der Waals surface area contributed by atoms with Crippen molar-refractivity contribution in [3.05, 3.63) is 158 Å². The van der Waals surface area contributed by atoms with Crippen molar-refractivity contribution in [3.8, 4) is 22.6 Å². The fourth-order valence-electron chi connectivity index (χ4n) is 4.67. The van der Waals surface area contributed by atoms with Crippen LogP contribution in [0.3, 0.4) is 0 Å². The molecule has 12 heteroatoms. The van der Waals surface area contributed by atoms with Gasteiger partial charge in [0.05, 0.1) is 12.0 Å². The molecule has 0 bridgehead atoms. The second kappa shape index (κ2) is 15.8. The van der Waals surface area contributed by atoms with E-state index in [1.165, 1.54) is 36.3 Å². The third kappa shape index (κ3) is 9.43. The Balaban J connectivity index is 1.01. The van der Waals surface area contributed by atoms with Gasteiger partial charge in [-0.15, -0.1) is 0 Å². The average molecular weight is 703 g/mol. The van der Waals surface area contributed by atoms with Crippen molar-refractivity contribution in [2.75, 3.05) is 21.3 Å². The molecule has 0 heterocycles. The van der Waals surface area contributed by atoms with E-state index >= 15 is 0 Å². The molecule has 0 spiro atoms. The van der Waals surface area contributed by atoms with E-state index in [1.54, 1.807) is 84.9 Å². The van der Waals surface area contributed by atoms with Gasteiger partial charge in [-0.1, -0.05) is 72.8 Å². The van der Waals surface area contributed by atoms with Crippen molar-refractivity contribution in [2.45, 2.75) is 9.79 Å². The third-order valence-corrected chi connectivity index (χ3v) is 9.02. The van der Waals surface area contributed by atoms with Crippen LogP contribution in [0.4, 0.5) is 32.3 Å². The molecule has 6 rings (SSSR count). The van der Waals surface area contributed by atoms with Crippen LogP contribution in [0.25, 0.3) is 11.1 Å². The first-order valence-electron chi connectivity index (χ1n) is 15.2. The van der Waals surface area contributed by atoms with Gasteiger partial charge in [-0.2, -0.15) is 8.42 Å². The van der Waals surface area contributed by atoms with E-state index in [9.17, 15) is 18.0 Å². The van der Waals surface area contributed by atoms with Gasteiger partial charge in [-0.25, -0.2) is 9.59 Å². The molecule has 6 aromatic rings. The molecule has 0 saturated heterocycles. The maximum absolute atomic E-state index is 13.0. The van der Waals surface area contributed by atoms with Crippen LogP contribution >= 0.6 is 12.0 Å². The molecule has 0 radical (unpaired) electrons. The van der Waals surface area contributed by atoms with Crippen molar-refractivity contribution in [1.29, 1.82) is 0 Å². The normalized spacial score (nSPS) is 10.8. The van der Waals surface area contributed by atoms with Gasteiger partial charge in [0.2, 0.25) is 0 Å². The molecule has 0 unspecified atom stereocenters. The van der Waals surface area contributed by atoms with Crippen molar-refractivity contribution >= 4 is 57.0 Å². The lowest BCUT2D eigenvalue weighted by Crippen LogP contribution is -2.19. The summed E-state index contributed by atoms with van der Waals surface area (Å²) >= 11 is 1.17. The van der Waals surface area contributed by atoms with Crippen LogP contribution in [0.5, 0.6) is 11.5 Å². The largest absolute Gasteiger partial charge is 0.421 e. The van der Waals surface area contributed by atoms with Crippen molar-refractivity contribution < 1.29 is 26.4 Å². The molecule has 0 atom stereocenters. The standard InChI is InChI=1S/C38H30N4O6S2/c43-37(39-29-9-3-1-4-10-29)41-31-13-7-15-33(25-31)47-49-35-21-17-27(18-22-35)28-19-23-36(24-20-28)50(45,46)48-34-16-8-14-32(26-34)42-38(44)40-30-11-5-2-6-12-30/h1-26H,(H2,39,41,43)(H2,40,42,44). The van der Waals surface area contributed by atoms with Crippen LogP contribution in [-0.4, -0.2) is 20.5 Å². The van der Waals surface area contributed by atoms with Crippen LogP contribution in [-0.2, 0) is 10.1 Å². The molecular weight excluding hydrogens is 673 g/mol. The summed E-state index contributed by atoms with van der Waals surface area (Å²) in [5, 5.41) is 10.9. The Morgan fingerprint density at radius 1 is 0.480 bits per heavy atom. The molecule has 4 amide bonds. The highest BCUT2D eigenvalue weighted by atomic mass is 32.2. The number of benzene rings is 6. The summed E-state index contributed by atoms with van der Waals surface area (Å²) in [6.45, 7) is 0. The Bertz CT molecular complexity index is 2180. The molecule has 0 saturated carbocycles. The molecule has 0 aliphatic carbocycles. The zero-order valence-electron chi connectivity index (χ0n) is 26.3. The minimum Gasteiger partial charge on any atom is -0.421 e. The van der Waals surface area contributed by atoms with Crippen LogP contribution < -0.4 is 29.6 Å². The van der Waals surface area contributed by atoms with Crippen LogP contribution in [0.15, 0.2) is 168 Å². The van der Waals surface area contributed by atoms with Gasteiger partial charge in [0, 0.05) is 39.8 Å². The number of carbonyl (C=O) groups excluding carboxylic acids is 2. The second-order valence-corrected chi connectivity index (χ2v) is 13.0. The topological polar surface area (TPSA) is 135 Å². The number of nitrogens with one attached hydrogen (secondary N) is 4. The maximum atomic E-state index is 13.0. The molecule has 50 heavy (non-hydrogen) atoms. The van der Waals surface area contributed by atoms with Crippen LogP contribution in [0.2, 0.25) is 0 Å². The van der Waals surface area contributed by atoms with Gasteiger partial charge in [0.25, 0.3) is 0 Å². The van der Waals surface area contributed by atoms with E-state index in [0.29, 0.717) is 28.5 Å². The third-order valence-electron chi connectivity index (χ3n) is 7.02. The van der Waals surface area contributed by atoms with E-state index in [2.05, 4.69) is 21.3 Å². The van der Waals surface area contributed by atoms with Crippen molar-refractivity contribution in [2.24, 2.45) is 0 Å². The summed E-state index contributed by atoms with van der Waals surface area (Å²) in [6.07, 6.45) is 0. The van der Waals surface area contributed by atoms with E-state index in [0.717, 1.165) is 16.0 Å². The zero-order chi connectivity index (χ0) is 34.8. The Morgan fingerprint density at radius 3 is 1.46 bits per heavy atom. The molecule has 0 aliphatic heterocycles. The predicted octanol–water partition coefficient (Wildman–Crippen LogP) is 9.50. The summed E-state index contributed by atoms with van der Waals surface area (Å²) in [7, 11) is -4.15. The van der Waals surface area contributed by atoms with Gasteiger partial charge in [-0.3, -0.25) is 0 Å². The van der Waals surface area contributed by atoms with Crippen LogP contribution in [0.1, 0.15) is 0 Å². The molecule has 10 nitrogen and oxygen atoms in total. The lowest BCUT2D eigenvalue weighted by Gasteiger charge is -2.11. The van der Waals surface area contributed by atoms with Gasteiger partial charge in [0.1, 0.15) is 16.4 Å².